The summed E-state index contributed by atoms with van der Waals surface area (Å²) in [5.74, 6) is 1.88. The lowest BCUT2D eigenvalue weighted by Gasteiger charge is -2.45. The second-order valence-electron chi connectivity index (χ2n) is 5.08. The summed E-state index contributed by atoms with van der Waals surface area (Å²) in [6.07, 6.45) is 7.36. The molecule has 0 amide bonds. The van der Waals surface area contributed by atoms with E-state index in [0.29, 0.717) is 0 Å². The smallest absolute Gasteiger partial charge is 0.0490 e. The van der Waals surface area contributed by atoms with Crippen molar-refractivity contribution >= 4 is 0 Å². The molecule has 0 unspecified atom stereocenters. The molecule has 1 spiro atoms. The van der Waals surface area contributed by atoms with E-state index in [1.807, 2.05) is 7.11 Å². The van der Waals surface area contributed by atoms with Crippen LogP contribution in [0.1, 0.15) is 39.0 Å². The number of rotatable bonds is 2. The molecule has 2 aliphatic rings. The Morgan fingerprint density at radius 3 is 2.58 bits per heavy atom. The van der Waals surface area contributed by atoms with Crippen molar-refractivity contribution in [3.63, 3.8) is 0 Å². The second kappa shape index (κ2) is 3.02. The standard InChI is InChI=1S/C11H20O/c1-9-3-4-11(5-9)6-10(7-11)8-12-2/h9-10H,3-8H2,1-2H3/t9-,10?,11?/m1/s1. The fourth-order valence-electron chi connectivity index (χ4n) is 3.39. The van der Waals surface area contributed by atoms with E-state index >= 15 is 0 Å². The Hall–Kier alpha value is -0.0400. The summed E-state index contributed by atoms with van der Waals surface area (Å²) in [5.41, 5.74) is 0.780. The molecular formula is C11H20O. The summed E-state index contributed by atoms with van der Waals surface area (Å²) in [6.45, 7) is 3.40. The highest BCUT2D eigenvalue weighted by Crippen LogP contribution is 2.57. The molecule has 1 atom stereocenters. The Morgan fingerprint density at radius 2 is 2.08 bits per heavy atom. The molecule has 12 heavy (non-hydrogen) atoms. The average Bonchev–Trinajstić information content (AvgIpc) is 2.31. The van der Waals surface area contributed by atoms with E-state index in [9.17, 15) is 0 Å². The highest BCUT2D eigenvalue weighted by Gasteiger charge is 2.47. The van der Waals surface area contributed by atoms with Gasteiger partial charge in [0.05, 0.1) is 0 Å². The van der Waals surface area contributed by atoms with Crippen LogP contribution in [0.3, 0.4) is 0 Å². The van der Waals surface area contributed by atoms with Gasteiger partial charge in [0.1, 0.15) is 0 Å². The minimum atomic E-state index is 0.780. The first-order chi connectivity index (χ1) is 5.74. The molecule has 2 aliphatic carbocycles. The molecule has 2 rings (SSSR count). The van der Waals surface area contributed by atoms with Crippen molar-refractivity contribution in [1.82, 2.24) is 0 Å². The van der Waals surface area contributed by atoms with Gasteiger partial charge in [-0.25, -0.2) is 0 Å². The lowest BCUT2D eigenvalue weighted by Crippen LogP contribution is -2.37. The molecule has 0 heterocycles. The van der Waals surface area contributed by atoms with Gasteiger partial charge in [0.15, 0.2) is 0 Å². The van der Waals surface area contributed by atoms with Crippen molar-refractivity contribution < 1.29 is 4.74 Å². The number of ether oxygens (including phenoxy) is 1. The first kappa shape index (κ1) is 8.55. The molecule has 70 valence electrons. The number of hydrogen-bond acceptors (Lipinski definition) is 1. The van der Waals surface area contributed by atoms with Crippen molar-refractivity contribution in [1.29, 1.82) is 0 Å². The molecule has 0 bridgehead atoms. The van der Waals surface area contributed by atoms with Gasteiger partial charge in [-0.2, -0.15) is 0 Å². The predicted molar refractivity (Wildman–Crippen MR) is 50.0 cm³/mol. The van der Waals surface area contributed by atoms with Gasteiger partial charge in [-0.15, -0.1) is 0 Å². The Kier molecular flexibility index (Phi) is 2.16. The zero-order valence-corrected chi connectivity index (χ0v) is 8.31. The van der Waals surface area contributed by atoms with Crippen LogP contribution in [0.5, 0.6) is 0 Å². The van der Waals surface area contributed by atoms with Gasteiger partial charge in [0.25, 0.3) is 0 Å². The Morgan fingerprint density at radius 1 is 1.33 bits per heavy atom. The topological polar surface area (TPSA) is 9.23 Å². The van der Waals surface area contributed by atoms with E-state index in [-0.39, 0.29) is 0 Å². The molecule has 0 N–H and O–H groups in total. The highest BCUT2D eigenvalue weighted by molar-refractivity contribution is 4.98. The van der Waals surface area contributed by atoms with Gasteiger partial charge >= 0.3 is 0 Å². The monoisotopic (exact) mass is 168 g/mol. The fraction of sp³-hybridized carbons (Fsp3) is 1.00. The van der Waals surface area contributed by atoms with Gasteiger partial charge in [-0.05, 0) is 42.9 Å². The third-order valence-corrected chi connectivity index (χ3v) is 3.79. The average molecular weight is 168 g/mol. The van der Waals surface area contributed by atoms with Gasteiger partial charge in [-0.3, -0.25) is 0 Å². The van der Waals surface area contributed by atoms with Crippen LogP contribution >= 0.6 is 0 Å². The maximum Gasteiger partial charge on any atom is 0.0490 e. The van der Waals surface area contributed by atoms with Crippen LogP contribution < -0.4 is 0 Å². The predicted octanol–water partition coefficient (Wildman–Crippen LogP) is 2.85. The third kappa shape index (κ3) is 1.39. The maximum absolute atomic E-state index is 5.18. The minimum absolute atomic E-state index is 0.780. The lowest BCUT2D eigenvalue weighted by molar-refractivity contribution is 0.00419. The lowest BCUT2D eigenvalue weighted by atomic mass is 9.61. The van der Waals surface area contributed by atoms with E-state index < -0.39 is 0 Å². The molecule has 0 radical (unpaired) electrons. The number of methoxy groups -OCH3 is 1. The molecule has 0 aromatic rings. The zero-order chi connectivity index (χ0) is 8.60. The minimum Gasteiger partial charge on any atom is -0.384 e. The van der Waals surface area contributed by atoms with Crippen molar-refractivity contribution in [2.24, 2.45) is 17.3 Å². The van der Waals surface area contributed by atoms with Crippen LogP contribution in [-0.2, 0) is 4.74 Å². The SMILES string of the molecule is COCC1CC2(CC[C@@H](C)C2)C1. The first-order valence-corrected chi connectivity index (χ1v) is 5.23. The Bertz CT molecular complexity index is 158. The largest absolute Gasteiger partial charge is 0.384 e. The van der Waals surface area contributed by atoms with E-state index in [4.69, 9.17) is 4.74 Å². The van der Waals surface area contributed by atoms with Crippen molar-refractivity contribution in [2.75, 3.05) is 13.7 Å². The fourth-order valence-corrected chi connectivity index (χ4v) is 3.39. The molecule has 2 saturated carbocycles. The molecule has 1 nitrogen and oxygen atoms in total. The molecule has 0 aromatic carbocycles. The summed E-state index contributed by atoms with van der Waals surface area (Å²) in [6, 6.07) is 0. The van der Waals surface area contributed by atoms with E-state index in [1.165, 1.54) is 32.1 Å². The van der Waals surface area contributed by atoms with E-state index in [0.717, 1.165) is 23.9 Å². The summed E-state index contributed by atoms with van der Waals surface area (Å²) < 4.78 is 5.18. The molecule has 0 aromatic heterocycles. The van der Waals surface area contributed by atoms with Crippen molar-refractivity contribution in [3.05, 3.63) is 0 Å². The Labute approximate surface area is 75.5 Å². The molecule has 0 saturated heterocycles. The highest BCUT2D eigenvalue weighted by atomic mass is 16.5. The quantitative estimate of drug-likeness (QED) is 0.616. The van der Waals surface area contributed by atoms with Gasteiger partial charge in [0.2, 0.25) is 0 Å². The summed E-state index contributed by atoms with van der Waals surface area (Å²) >= 11 is 0. The molecule has 1 heteroatoms. The number of hydrogen-bond donors (Lipinski definition) is 0. The summed E-state index contributed by atoms with van der Waals surface area (Å²) in [5, 5.41) is 0. The first-order valence-electron chi connectivity index (χ1n) is 5.23. The van der Waals surface area contributed by atoms with Crippen LogP contribution in [0, 0.1) is 17.3 Å². The normalized spacial score (nSPS) is 46.5. The summed E-state index contributed by atoms with van der Waals surface area (Å²) in [4.78, 5) is 0. The van der Waals surface area contributed by atoms with Crippen LogP contribution in [0.25, 0.3) is 0 Å². The second-order valence-corrected chi connectivity index (χ2v) is 5.08. The molecule has 2 fully saturated rings. The van der Waals surface area contributed by atoms with E-state index in [1.54, 1.807) is 0 Å². The van der Waals surface area contributed by atoms with Gasteiger partial charge in [0, 0.05) is 13.7 Å². The molecule has 0 aliphatic heterocycles. The van der Waals surface area contributed by atoms with Crippen LogP contribution in [0.2, 0.25) is 0 Å². The van der Waals surface area contributed by atoms with Crippen LogP contribution in [0.15, 0.2) is 0 Å². The van der Waals surface area contributed by atoms with Gasteiger partial charge < -0.3 is 4.74 Å². The maximum atomic E-state index is 5.18. The summed E-state index contributed by atoms with van der Waals surface area (Å²) in [7, 11) is 1.82. The van der Waals surface area contributed by atoms with E-state index in [2.05, 4.69) is 6.92 Å². The zero-order valence-electron chi connectivity index (χ0n) is 8.31. The van der Waals surface area contributed by atoms with Crippen LogP contribution in [0.4, 0.5) is 0 Å². The van der Waals surface area contributed by atoms with Crippen molar-refractivity contribution in [2.45, 2.75) is 39.0 Å². The van der Waals surface area contributed by atoms with Crippen molar-refractivity contribution in [3.8, 4) is 0 Å². The third-order valence-electron chi connectivity index (χ3n) is 3.79. The molecular weight excluding hydrogens is 148 g/mol. The Balaban J connectivity index is 1.79. The van der Waals surface area contributed by atoms with Gasteiger partial charge in [-0.1, -0.05) is 13.3 Å². The van der Waals surface area contributed by atoms with Crippen LogP contribution in [-0.4, -0.2) is 13.7 Å².